The van der Waals surface area contributed by atoms with Gasteiger partial charge < -0.3 is 0 Å². The molecule has 0 saturated carbocycles. The topological polar surface area (TPSA) is 50.3 Å². The van der Waals surface area contributed by atoms with Crippen molar-refractivity contribution in [2.45, 2.75) is 59.0 Å². The molecule has 0 radical (unpaired) electrons. The maximum atomic E-state index is 12.2. The van der Waals surface area contributed by atoms with Crippen LogP contribution in [-0.2, 0) is 16.6 Å². The number of hydrogen-bond acceptors (Lipinski definition) is 3. The molecule has 0 fully saturated rings. The van der Waals surface area contributed by atoms with Gasteiger partial charge in [0.05, 0.1) is 6.26 Å². The van der Waals surface area contributed by atoms with E-state index in [9.17, 15) is 8.42 Å². The Morgan fingerprint density at radius 1 is 1.10 bits per heavy atom. The monoisotopic (exact) mass is 312 g/mol. The van der Waals surface area contributed by atoms with E-state index in [0.29, 0.717) is 12.5 Å². The summed E-state index contributed by atoms with van der Waals surface area (Å²) in [7, 11) is -3.22. The van der Waals surface area contributed by atoms with E-state index in [4.69, 9.17) is 0 Å². The predicted octanol–water partition coefficient (Wildman–Crippen LogP) is 3.45. The maximum Gasteiger partial charge on any atom is 0.211 e. The van der Waals surface area contributed by atoms with Crippen LogP contribution in [0.3, 0.4) is 0 Å². The second-order valence-electron chi connectivity index (χ2n) is 5.64. The number of rotatable bonds is 9. The lowest BCUT2D eigenvalue weighted by molar-refractivity contribution is 0.251. The van der Waals surface area contributed by atoms with Gasteiger partial charge in [0.1, 0.15) is 0 Å². The first kappa shape index (κ1) is 18.1. The zero-order valence-electron chi connectivity index (χ0n) is 13.6. The maximum absolute atomic E-state index is 12.2. The minimum atomic E-state index is -3.22. The number of pyridine rings is 1. The van der Waals surface area contributed by atoms with Crippen LogP contribution in [-0.4, -0.2) is 30.0 Å². The van der Waals surface area contributed by atoms with Crippen LogP contribution >= 0.6 is 0 Å². The molecule has 0 aliphatic heterocycles. The van der Waals surface area contributed by atoms with E-state index in [-0.39, 0.29) is 6.04 Å². The van der Waals surface area contributed by atoms with Crippen LogP contribution in [0.5, 0.6) is 0 Å². The largest absolute Gasteiger partial charge is 0.265 e. The van der Waals surface area contributed by atoms with Crippen LogP contribution in [0.15, 0.2) is 24.5 Å². The molecule has 1 aromatic heterocycles. The van der Waals surface area contributed by atoms with Gasteiger partial charge in [0.25, 0.3) is 0 Å². The Kier molecular flexibility index (Phi) is 7.32. The van der Waals surface area contributed by atoms with E-state index < -0.39 is 10.0 Å². The van der Waals surface area contributed by atoms with E-state index >= 15 is 0 Å². The van der Waals surface area contributed by atoms with Crippen LogP contribution in [0.4, 0.5) is 0 Å². The summed E-state index contributed by atoms with van der Waals surface area (Å²) >= 11 is 0. The number of aromatic nitrogens is 1. The van der Waals surface area contributed by atoms with Crippen molar-refractivity contribution in [2.24, 2.45) is 5.92 Å². The van der Waals surface area contributed by atoms with Gasteiger partial charge in [-0.15, -0.1) is 0 Å². The van der Waals surface area contributed by atoms with Crippen molar-refractivity contribution in [3.63, 3.8) is 0 Å². The fourth-order valence-electron chi connectivity index (χ4n) is 2.68. The molecule has 4 nitrogen and oxygen atoms in total. The Balaban J connectivity index is 2.95. The zero-order valence-corrected chi connectivity index (χ0v) is 14.4. The Hall–Kier alpha value is -0.940. The van der Waals surface area contributed by atoms with Crippen molar-refractivity contribution < 1.29 is 8.42 Å². The van der Waals surface area contributed by atoms with Gasteiger partial charge in [-0.3, -0.25) is 4.98 Å². The Labute approximate surface area is 129 Å². The van der Waals surface area contributed by atoms with Crippen LogP contribution in [0.2, 0.25) is 0 Å². The van der Waals surface area contributed by atoms with Gasteiger partial charge in [0.2, 0.25) is 10.0 Å². The summed E-state index contributed by atoms with van der Waals surface area (Å²) < 4.78 is 26.1. The molecule has 0 amide bonds. The summed E-state index contributed by atoms with van der Waals surface area (Å²) in [5, 5.41) is 0. The third-order valence-electron chi connectivity index (χ3n) is 4.15. The van der Waals surface area contributed by atoms with Gasteiger partial charge in [-0.1, -0.05) is 33.6 Å². The number of hydrogen-bond donors (Lipinski definition) is 0. The quantitative estimate of drug-likeness (QED) is 0.702. The van der Waals surface area contributed by atoms with Crippen molar-refractivity contribution in [1.82, 2.24) is 9.29 Å². The van der Waals surface area contributed by atoms with E-state index in [1.165, 1.54) is 6.26 Å². The van der Waals surface area contributed by atoms with Crippen molar-refractivity contribution in [3.8, 4) is 0 Å². The molecule has 0 aliphatic carbocycles. The highest BCUT2D eigenvalue weighted by atomic mass is 32.2. The molecule has 1 unspecified atom stereocenters. The Morgan fingerprint density at radius 2 is 1.67 bits per heavy atom. The highest BCUT2D eigenvalue weighted by Gasteiger charge is 2.27. The van der Waals surface area contributed by atoms with Crippen LogP contribution in [0, 0.1) is 5.92 Å². The van der Waals surface area contributed by atoms with Crippen molar-refractivity contribution in [3.05, 3.63) is 30.1 Å². The second kappa shape index (κ2) is 8.49. The molecule has 0 N–H and O–H groups in total. The molecular weight excluding hydrogens is 284 g/mol. The van der Waals surface area contributed by atoms with Crippen molar-refractivity contribution in [2.75, 3.05) is 6.26 Å². The van der Waals surface area contributed by atoms with E-state index in [1.807, 2.05) is 12.1 Å². The predicted molar refractivity (Wildman–Crippen MR) is 87.4 cm³/mol. The first-order valence-corrected chi connectivity index (χ1v) is 9.62. The summed E-state index contributed by atoms with van der Waals surface area (Å²) in [6.07, 6.45) is 8.69. The molecule has 1 rings (SSSR count). The standard InChI is InChI=1S/C16H28N2O2S/c1-5-14(6-2)12-16(7-3)18(21(4,19)20)13-15-8-10-17-11-9-15/h8-11,14,16H,5-7,12-13H2,1-4H3. The van der Waals surface area contributed by atoms with Crippen molar-refractivity contribution >= 4 is 10.0 Å². The van der Waals surface area contributed by atoms with Gasteiger partial charge in [-0.2, -0.15) is 4.31 Å². The fourth-order valence-corrected chi connectivity index (χ4v) is 3.84. The summed E-state index contributed by atoms with van der Waals surface area (Å²) in [4.78, 5) is 3.99. The second-order valence-corrected chi connectivity index (χ2v) is 7.58. The first-order chi connectivity index (χ1) is 9.92. The molecule has 1 atom stereocenters. The first-order valence-electron chi connectivity index (χ1n) is 7.78. The molecule has 0 aromatic carbocycles. The van der Waals surface area contributed by atoms with Gasteiger partial charge in [-0.05, 0) is 36.5 Å². The minimum Gasteiger partial charge on any atom is -0.265 e. The summed E-state index contributed by atoms with van der Waals surface area (Å²) in [6, 6.07) is 3.82. The third kappa shape index (κ3) is 5.75. The molecule has 21 heavy (non-hydrogen) atoms. The highest BCUT2D eigenvalue weighted by molar-refractivity contribution is 7.88. The number of sulfonamides is 1. The summed E-state index contributed by atoms with van der Waals surface area (Å²) in [5.74, 6) is 0.580. The lowest BCUT2D eigenvalue weighted by Crippen LogP contribution is -2.40. The van der Waals surface area contributed by atoms with Gasteiger partial charge >= 0.3 is 0 Å². The summed E-state index contributed by atoms with van der Waals surface area (Å²) in [5.41, 5.74) is 0.985. The molecular formula is C16H28N2O2S. The Morgan fingerprint density at radius 3 is 2.10 bits per heavy atom. The van der Waals surface area contributed by atoms with Gasteiger partial charge in [0.15, 0.2) is 0 Å². The number of nitrogens with zero attached hydrogens (tertiary/aromatic N) is 2. The lowest BCUT2D eigenvalue weighted by atomic mass is 9.93. The molecule has 5 heteroatoms. The SMILES string of the molecule is CCC(CC)CC(CC)N(Cc1ccncc1)S(C)(=O)=O. The van der Waals surface area contributed by atoms with Crippen molar-refractivity contribution in [1.29, 1.82) is 0 Å². The molecule has 0 bridgehead atoms. The van der Waals surface area contributed by atoms with Gasteiger partial charge in [0, 0.05) is 25.0 Å². The zero-order chi connectivity index (χ0) is 15.9. The fraction of sp³-hybridized carbons (Fsp3) is 0.688. The van der Waals surface area contributed by atoms with Crippen LogP contribution in [0.25, 0.3) is 0 Å². The average Bonchev–Trinajstić information content (AvgIpc) is 2.47. The molecule has 0 aliphatic rings. The third-order valence-corrected chi connectivity index (χ3v) is 5.43. The summed E-state index contributed by atoms with van der Waals surface area (Å²) in [6.45, 7) is 6.85. The molecule has 1 heterocycles. The normalized spacial score (nSPS) is 13.8. The van der Waals surface area contributed by atoms with E-state index in [2.05, 4.69) is 25.8 Å². The Bertz CT molecular complexity index is 498. The minimum absolute atomic E-state index is 0.0677. The highest BCUT2D eigenvalue weighted by Crippen LogP contribution is 2.24. The molecule has 120 valence electrons. The molecule has 0 saturated heterocycles. The average molecular weight is 312 g/mol. The van der Waals surface area contributed by atoms with E-state index in [1.54, 1.807) is 16.7 Å². The van der Waals surface area contributed by atoms with Crippen LogP contribution in [0.1, 0.15) is 52.0 Å². The smallest absolute Gasteiger partial charge is 0.211 e. The van der Waals surface area contributed by atoms with E-state index in [0.717, 1.165) is 31.2 Å². The molecule has 1 aromatic rings. The lowest BCUT2D eigenvalue weighted by Gasteiger charge is -2.31. The van der Waals surface area contributed by atoms with Gasteiger partial charge in [-0.25, -0.2) is 8.42 Å². The van der Waals surface area contributed by atoms with Crippen LogP contribution < -0.4 is 0 Å². The molecule has 0 spiro atoms.